The second-order valence-corrected chi connectivity index (χ2v) is 5.95. The minimum Gasteiger partial charge on any atom is -0.330 e. The highest BCUT2D eigenvalue weighted by Gasteiger charge is 2.08. The van der Waals surface area contributed by atoms with Gasteiger partial charge in [0.05, 0.1) is 6.42 Å². The molecule has 0 radical (unpaired) electrons. The van der Waals surface area contributed by atoms with Gasteiger partial charge in [-0.15, -0.1) is 11.3 Å². The molecule has 0 bridgehead atoms. The molecule has 0 aliphatic heterocycles. The molecule has 0 aliphatic rings. The number of benzene rings is 1. The van der Waals surface area contributed by atoms with Gasteiger partial charge in [0.2, 0.25) is 11.8 Å². The first kappa shape index (κ1) is 16.2. The predicted octanol–water partition coefficient (Wildman–Crippen LogP) is 2.53. The van der Waals surface area contributed by atoms with Gasteiger partial charge < -0.3 is 16.4 Å². The highest BCUT2D eigenvalue weighted by molar-refractivity contribution is 7.10. The molecule has 0 aliphatic carbocycles. The quantitative estimate of drug-likeness (QED) is 0.765. The summed E-state index contributed by atoms with van der Waals surface area (Å²) in [6, 6.07) is 9.28. The first-order valence-corrected chi connectivity index (χ1v) is 7.89. The third-order valence-electron chi connectivity index (χ3n) is 3.08. The molecule has 4 N–H and O–H groups in total. The van der Waals surface area contributed by atoms with Crippen molar-refractivity contribution in [2.24, 2.45) is 5.73 Å². The molecule has 0 atom stereocenters. The number of nitrogens with two attached hydrogens (primary N) is 1. The van der Waals surface area contributed by atoms with Gasteiger partial charge in [-0.3, -0.25) is 9.59 Å². The maximum atomic E-state index is 12.1. The summed E-state index contributed by atoms with van der Waals surface area (Å²) in [4.78, 5) is 24.6. The third-order valence-corrected chi connectivity index (χ3v) is 3.96. The minimum atomic E-state index is -0.137. The molecule has 2 rings (SSSR count). The van der Waals surface area contributed by atoms with Crippen molar-refractivity contribution < 1.29 is 9.59 Å². The molecule has 1 aromatic carbocycles. The van der Waals surface area contributed by atoms with Gasteiger partial charge in [-0.05, 0) is 36.1 Å². The van der Waals surface area contributed by atoms with E-state index >= 15 is 0 Å². The van der Waals surface area contributed by atoms with E-state index in [0.717, 1.165) is 10.4 Å². The summed E-state index contributed by atoms with van der Waals surface area (Å²) in [6.45, 7) is 2.22. The summed E-state index contributed by atoms with van der Waals surface area (Å²) < 4.78 is 0. The van der Waals surface area contributed by atoms with Crippen molar-refractivity contribution in [1.29, 1.82) is 0 Å². The molecule has 2 amide bonds. The lowest BCUT2D eigenvalue weighted by molar-refractivity contribution is -0.116. The number of hydrogen-bond acceptors (Lipinski definition) is 4. The Morgan fingerprint density at radius 1 is 1.18 bits per heavy atom. The maximum Gasteiger partial charge on any atom is 0.229 e. The average molecular weight is 317 g/mol. The van der Waals surface area contributed by atoms with Crippen molar-refractivity contribution in [2.75, 3.05) is 17.2 Å². The van der Waals surface area contributed by atoms with Gasteiger partial charge in [0.1, 0.15) is 0 Å². The van der Waals surface area contributed by atoms with Gasteiger partial charge in [0.15, 0.2) is 0 Å². The minimum absolute atomic E-state index is 0.0732. The molecule has 5 nitrogen and oxygen atoms in total. The first-order valence-electron chi connectivity index (χ1n) is 7.01. The second kappa shape index (κ2) is 7.72. The number of thiophene rings is 1. The SMILES string of the molecule is Cc1ccc(NC(=O)CCN)cc1NC(=O)Cc1cccs1. The van der Waals surface area contributed by atoms with Crippen LogP contribution in [0, 0.1) is 6.92 Å². The van der Waals surface area contributed by atoms with Crippen molar-refractivity contribution in [3.63, 3.8) is 0 Å². The molecule has 0 saturated heterocycles. The molecule has 116 valence electrons. The van der Waals surface area contributed by atoms with Gasteiger partial charge in [-0.1, -0.05) is 12.1 Å². The Bertz CT molecular complexity index is 653. The summed E-state index contributed by atoms with van der Waals surface area (Å²) in [5.41, 5.74) is 7.64. The lowest BCUT2D eigenvalue weighted by atomic mass is 10.1. The molecule has 0 unspecified atom stereocenters. The monoisotopic (exact) mass is 317 g/mol. The topological polar surface area (TPSA) is 84.2 Å². The molecule has 1 aromatic heterocycles. The van der Waals surface area contributed by atoms with Crippen LogP contribution >= 0.6 is 11.3 Å². The average Bonchev–Trinajstić information content (AvgIpc) is 2.95. The standard InChI is InChI=1S/C16H19N3O2S/c1-11-4-5-12(18-15(20)6-7-17)9-14(11)19-16(21)10-13-3-2-8-22-13/h2-5,8-9H,6-7,10,17H2,1H3,(H,18,20)(H,19,21). The third kappa shape index (κ3) is 4.68. The first-order chi connectivity index (χ1) is 10.6. The van der Waals surface area contributed by atoms with E-state index < -0.39 is 0 Å². The summed E-state index contributed by atoms with van der Waals surface area (Å²) in [6.07, 6.45) is 0.620. The molecule has 22 heavy (non-hydrogen) atoms. The zero-order chi connectivity index (χ0) is 15.9. The molecule has 0 spiro atoms. The van der Waals surface area contributed by atoms with E-state index in [1.165, 1.54) is 0 Å². The maximum absolute atomic E-state index is 12.1. The van der Waals surface area contributed by atoms with Crippen LogP contribution in [-0.4, -0.2) is 18.4 Å². The fourth-order valence-electron chi connectivity index (χ4n) is 1.95. The van der Waals surface area contributed by atoms with E-state index in [-0.39, 0.29) is 18.2 Å². The van der Waals surface area contributed by atoms with Crippen molar-refractivity contribution in [3.8, 4) is 0 Å². The number of rotatable bonds is 6. The van der Waals surface area contributed by atoms with Crippen LogP contribution < -0.4 is 16.4 Å². The zero-order valence-electron chi connectivity index (χ0n) is 12.4. The number of amides is 2. The fourth-order valence-corrected chi connectivity index (χ4v) is 2.66. The summed E-state index contributed by atoms with van der Waals surface area (Å²) in [5.74, 6) is -0.210. The van der Waals surface area contributed by atoms with E-state index in [2.05, 4.69) is 10.6 Å². The van der Waals surface area contributed by atoms with Crippen LogP contribution in [0.3, 0.4) is 0 Å². The Kier molecular flexibility index (Phi) is 5.68. The molecule has 1 heterocycles. The van der Waals surface area contributed by atoms with E-state index in [1.54, 1.807) is 23.5 Å². The number of hydrogen-bond donors (Lipinski definition) is 3. The predicted molar refractivity (Wildman–Crippen MR) is 90.1 cm³/mol. The summed E-state index contributed by atoms with van der Waals surface area (Å²) in [7, 11) is 0. The zero-order valence-corrected chi connectivity index (χ0v) is 13.2. The highest BCUT2D eigenvalue weighted by atomic mass is 32.1. The van der Waals surface area contributed by atoms with Crippen molar-refractivity contribution in [1.82, 2.24) is 0 Å². The summed E-state index contributed by atoms with van der Waals surface area (Å²) >= 11 is 1.55. The van der Waals surface area contributed by atoms with Crippen molar-refractivity contribution in [2.45, 2.75) is 19.8 Å². The van der Waals surface area contributed by atoms with Crippen LogP contribution in [0.2, 0.25) is 0 Å². The lowest BCUT2D eigenvalue weighted by Gasteiger charge is -2.11. The highest BCUT2D eigenvalue weighted by Crippen LogP contribution is 2.21. The fraction of sp³-hybridized carbons (Fsp3) is 0.250. The molecular formula is C16H19N3O2S. The number of nitrogens with one attached hydrogen (secondary N) is 2. The van der Waals surface area contributed by atoms with Gasteiger partial charge in [-0.2, -0.15) is 0 Å². The van der Waals surface area contributed by atoms with Gasteiger partial charge in [-0.25, -0.2) is 0 Å². The number of anilines is 2. The largest absolute Gasteiger partial charge is 0.330 e. The van der Waals surface area contributed by atoms with Crippen LogP contribution in [0.4, 0.5) is 11.4 Å². The number of carbonyl (C=O) groups is 2. The normalized spacial score (nSPS) is 10.3. The van der Waals surface area contributed by atoms with E-state index in [1.807, 2.05) is 30.5 Å². The summed E-state index contributed by atoms with van der Waals surface area (Å²) in [5, 5.41) is 7.59. The van der Waals surface area contributed by atoms with Crippen molar-refractivity contribution >= 4 is 34.5 Å². The van der Waals surface area contributed by atoms with Crippen LogP contribution in [-0.2, 0) is 16.0 Å². The molecule has 2 aromatic rings. The molecule has 6 heteroatoms. The van der Waals surface area contributed by atoms with E-state index in [0.29, 0.717) is 24.3 Å². The van der Waals surface area contributed by atoms with E-state index in [4.69, 9.17) is 5.73 Å². The Hall–Kier alpha value is -2.18. The van der Waals surface area contributed by atoms with E-state index in [9.17, 15) is 9.59 Å². The van der Waals surface area contributed by atoms with Crippen LogP contribution in [0.5, 0.6) is 0 Å². The Labute approximate surface area is 133 Å². The smallest absolute Gasteiger partial charge is 0.229 e. The van der Waals surface area contributed by atoms with Crippen LogP contribution in [0.15, 0.2) is 35.7 Å². The van der Waals surface area contributed by atoms with Crippen LogP contribution in [0.25, 0.3) is 0 Å². The molecule has 0 saturated carbocycles. The number of carbonyl (C=O) groups excluding carboxylic acids is 2. The molecule has 0 fully saturated rings. The Balaban J connectivity index is 2.03. The Morgan fingerprint density at radius 3 is 2.68 bits per heavy atom. The molecular weight excluding hydrogens is 298 g/mol. The van der Waals surface area contributed by atoms with Crippen molar-refractivity contribution in [3.05, 3.63) is 46.2 Å². The van der Waals surface area contributed by atoms with Gasteiger partial charge in [0, 0.05) is 29.2 Å². The van der Waals surface area contributed by atoms with Gasteiger partial charge in [0.25, 0.3) is 0 Å². The lowest BCUT2D eigenvalue weighted by Crippen LogP contribution is -2.17. The van der Waals surface area contributed by atoms with Crippen LogP contribution in [0.1, 0.15) is 16.9 Å². The van der Waals surface area contributed by atoms with Gasteiger partial charge >= 0.3 is 0 Å². The second-order valence-electron chi connectivity index (χ2n) is 4.92. The Morgan fingerprint density at radius 2 is 2.00 bits per heavy atom. The number of aryl methyl sites for hydroxylation is 1.